The summed E-state index contributed by atoms with van der Waals surface area (Å²) in [7, 11) is -3.96. The van der Waals surface area contributed by atoms with Crippen LogP contribution in [0.15, 0.2) is 106 Å². The highest BCUT2D eigenvalue weighted by Gasteiger charge is 2.22. The monoisotopic (exact) mass is 471 g/mol. The van der Waals surface area contributed by atoms with E-state index in [1.807, 2.05) is 60.7 Å². The average Bonchev–Trinajstić information content (AvgIpc) is 3.28. The lowest BCUT2D eigenvalue weighted by atomic mass is 10.1. The van der Waals surface area contributed by atoms with Gasteiger partial charge in [0.25, 0.3) is 0 Å². The molecule has 4 aromatic rings. The second kappa shape index (κ2) is 9.90. The van der Waals surface area contributed by atoms with Crippen LogP contribution in [0.4, 0.5) is 0 Å². The summed E-state index contributed by atoms with van der Waals surface area (Å²) in [5.41, 5.74) is 2.82. The Morgan fingerprint density at radius 3 is 2.24 bits per heavy atom. The molecule has 0 amide bonds. The van der Waals surface area contributed by atoms with Crippen molar-refractivity contribution in [3.8, 4) is 23.0 Å². The van der Waals surface area contributed by atoms with Gasteiger partial charge in [-0.1, -0.05) is 55.5 Å². The molecule has 0 radical (unpaired) electrons. The van der Waals surface area contributed by atoms with Crippen molar-refractivity contribution >= 4 is 27.7 Å². The molecule has 0 aliphatic heterocycles. The number of benzene rings is 3. The van der Waals surface area contributed by atoms with E-state index in [0.717, 1.165) is 21.9 Å². The van der Waals surface area contributed by atoms with Gasteiger partial charge in [0.15, 0.2) is 0 Å². The number of aromatic nitrogens is 2. The summed E-state index contributed by atoms with van der Waals surface area (Å²) in [6, 6.07) is 27.4. The molecule has 7 heteroatoms. The van der Waals surface area contributed by atoms with Crippen molar-refractivity contribution in [2.75, 3.05) is 5.75 Å². The molecule has 0 unspecified atom stereocenters. The van der Waals surface area contributed by atoms with Gasteiger partial charge in [-0.15, -0.1) is 11.8 Å². The highest BCUT2D eigenvalue weighted by Crippen LogP contribution is 2.30. The Labute approximate surface area is 197 Å². The van der Waals surface area contributed by atoms with Crippen LogP contribution >= 0.6 is 11.8 Å². The second-order valence-electron chi connectivity index (χ2n) is 7.11. The summed E-state index contributed by atoms with van der Waals surface area (Å²) < 4.78 is 27.9. The predicted molar refractivity (Wildman–Crippen MR) is 133 cm³/mol. The van der Waals surface area contributed by atoms with Crippen molar-refractivity contribution in [1.29, 1.82) is 5.26 Å². The third-order valence-corrected chi connectivity index (χ3v) is 7.52. The summed E-state index contributed by atoms with van der Waals surface area (Å²) in [6.07, 6.45) is 3.15. The third kappa shape index (κ3) is 4.92. The van der Waals surface area contributed by atoms with Crippen molar-refractivity contribution in [1.82, 2.24) is 9.78 Å². The summed E-state index contributed by atoms with van der Waals surface area (Å²) in [4.78, 5) is 0.890. The zero-order chi connectivity index (χ0) is 23.3. The van der Waals surface area contributed by atoms with Gasteiger partial charge in [-0.25, -0.2) is 13.1 Å². The topological polar surface area (TPSA) is 75.8 Å². The van der Waals surface area contributed by atoms with Gasteiger partial charge < -0.3 is 0 Å². The van der Waals surface area contributed by atoms with E-state index in [-0.39, 0.29) is 9.80 Å². The highest BCUT2D eigenvalue weighted by atomic mass is 32.2. The molecular formula is C26H21N3O2S2. The lowest BCUT2D eigenvalue weighted by molar-refractivity contribution is 0.603. The SMILES string of the molecule is CCSc1ccc(-c2nn(-c3ccccc3)cc2/C=C(/C#N)S(=O)(=O)c2ccccc2)cc1. The summed E-state index contributed by atoms with van der Waals surface area (Å²) in [5, 5.41) is 14.5. The Hall–Kier alpha value is -3.60. The Morgan fingerprint density at radius 1 is 1.00 bits per heavy atom. The lowest BCUT2D eigenvalue weighted by Gasteiger charge is -2.04. The fourth-order valence-electron chi connectivity index (χ4n) is 3.34. The molecule has 33 heavy (non-hydrogen) atoms. The molecule has 3 aromatic carbocycles. The van der Waals surface area contributed by atoms with Crippen molar-refractivity contribution in [3.05, 3.63) is 102 Å². The van der Waals surface area contributed by atoms with Crippen LogP contribution in [-0.4, -0.2) is 24.0 Å². The molecule has 0 bridgehead atoms. The first kappa shape index (κ1) is 22.6. The number of hydrogen-bond acceptors (Lipinski definition) is 5. The van der Waals surface area contributed by atoms with Gasteiger partial charge in [-0.05, 0) is 48.2 Å². The summed E-state index contributed by atoms with van der Waals surface area (Å²) in [6.45, 7) is 2.10. The zero-order valence-corrected chi connectivity index (χ0v) is 19.6. The quantitative estimate of drug-likeness (QED) is 0.244. The standard InChI is InChI=1S/C26H21N3O2S2/c1-2-32-23-15-13-20(14-16-23)26-21(19-29(28-26)22-9-5-3-6-10-22)17-25(18-27)33(30,31)24-11-7-4-8-12-24/h3-17,19H,2H2,1H3/b25-17-. The van der Waals surface area contributed by atoms with Gasteiger partial charge in [-0.3, -0.25) is 0 Å². The lowest BCUT2D eigenvalue weighted by Crippen LogP contribution is -2.03. The largest absolute Gasteiger partial charge is 0.240 e. The number of nitriles is 1. The molecule has 0 aliphatic rings. The molecule has 1 aromatic heterocycles. The van der Waals surface area contributed by atoms with Crippen LogP contribution in [-0.2, 0) is 9.84 Å². The smallest absolute Gasteiger partial charge is 0.216 e. The Morgan fingerprint density at radius 2 is 1.64 bits per heavy atom. The van der Waals surface area contributed by atoms with Crippen LogP contribution in [0.25, 0.3) is 23.0 Å². The van der Waals surface area contributed by atoms with E-state index in [1.54, 1.807) is 40.8 Å². The number of rotatable bonds is 7. The minimum absolute atomic E-state index is 0.0794. The van der Waals surface area contributed by atoms with Gasteiger partial charge in [0.2, 0.25) is 9.84 Å². The highest BCUT2D eigenvalue weighted by molar-refractivity contribution is 7.99. The van der Waals surface area contributed by atoms with Crippen LogP contribution < -0.4 is 0 Å². The first-order chi connectivity index (χ1) is 16.0. The average molecular weight is 472 g/mol. The van der Waals surface area contributed by atoms with Crippen LogP contribution in [0.3, 0.4) is 0 Å². The number of sulfone groups is 1. The summed E-state index contributed by atoms with van der Waals surface area (Å²) >= 11 is 1.74. The van der Waals surface area contributed by atoms with Crippen molar-refractivity contribution in [2.45, 2.75) is 16.7 Å². The number of allylic oxidation sites excluding steroid dienone is 1. The molecule has 0 N–H and O–H groups in total. The van der Waals surface area contributed by atoms with Gasteiger partial charge in [0.05, 0.1) is 10.6 Å². The molecule has 164 valence electrons. The van der Waals surface area contributed by atoms with Crippen LogP contribution in [0.2, 0.25) is 0 Å². The first-order valence-corrected chi connectivity index (χ1v) is 12.8. The maximum atomic E-state index is 13.1. The van der Waals surface area contributed by atoms with Crippen LogP contribution in [0, 0.1) is 11.3 Å². The Balaban J connectivity index is 1.85. The molecule has 0 spiro atoms. The molecule has 0 atom stereocenters. The second-order valence-corrected chi connectivity index (χ2v) is 10.4. The normalized spacial score (nSPS) is 11.8. The fraction of sp³-hybridized carbons (Fsp3) is 0.0769. The van der Waals surface area contributed by atoms with E-state index in [4.69, 9.17) is 5.10 Å². The molecule has 0 fully saturated rings. The van der Waals surface area contributed by atoms with Crippen LogP contribution in [0.1, 0.15) is 12.5 Å². The van der Waals surface area contributed by atoms with Gasteiger partial charge in [0, 0.05) is 22.2 Å². The number of para-hydroxylation sites is 1. The maximum Gasteiger partial charge on any atom is 0.216 e. The molecule has 5 nitrogen and oxygen atoms in total. The minimum Gasteiger partial charge on any atom is -0.240 e. The summed E-state index contributed by atoms with van der Waals surface area (Å²) in [5.74, 6) is 0.971. The minimum atomic E-state index is -3.96. The van der Waals surface area contributed by atoms with Gasteiger partial charge in [-0.2, -0.15) is 10.4 Å². The Bertz CT molecular complexity index is 1420. The van der Waals surface area contributed by atoms with Crippen molar-refractivity contribution in [3.63, 3.8) is 0 Å². The van der Waals surface area contributed by atoms with Crippen molar-refractivity contribution < 1.29 is 8.42 Å². The van der Waals surface area contributed by atoms with Gasteiger partial charge in [0.1, 0.15) is 16.7 Å². The fourth-order valence-corrected chi connectivity index (χ4v) is 5.18. The predicted octanol–water partition coefficient (Wildman–Crippen LogP) is 5.99. The van der Waals surface area contributed by atoms with E-state index in [1.165, 1.54) is 18.2 Å². The number of nitrogens with zero attached hydrogens (tertiary/aromatic N) is 3. The van der Waals surface area contributed by atoms with E-state index in [2.05, 4.69) is 6.92 Å². The number of thioether (sulfide) groups is 1. The first-order valence-electron chi connectivity index (χ1n) is 10.3. The van der Waals surface area contributed by atoms with E-state index < -0.39 is 9.84 Å². The molecular weight excluding hydrogens is 450 g/mol. The van der Waals surface area contributed by atoms with E-state index in [0.29, 0.717) is 11.3 Å². The van der Waals surface area contributed by atoms with Crippen LogP contribution in [0.5, 0.6) is 0 Å². The molecule has 1 heterocycles. The number of hydrogen-bond donors (Lipinski definition) is 0. The molecule has 4 rings (SSSR count). The Kier molecular flexibility index (Phi) is 6.78. The molecule has 0 aliphatic carbocycles. The maximum absolute atomic E-state index is 13.1. The van der Waals surface area contributed by atoms with Gasteiger partial charge >= 0.3 is 0 Å². The van der Waals surface area contributed by atoms with Crippen molar-refractivity contribution in [2.24, 2.45) is 0 Å². The zero-order valence-electron chi connectivity index (χ0n) is 17.9. The molecule has 0 saturated heterocycles. The molecule has 0 saturated carbocycles. The van der Waals surface area contributed by atoms with E-state index in [9.17, 15) is 13.7 Å². The van der Waals surface area contributed by atoms with E-state index >= 15 is 0 Å². The third-order valence-electron chi connectivity index (χ3n) is 4.94.